The highest BCUT2D eigenvalue weighted by Crippen LogP contribution is 2.24. The molecule has 1 unspecified atom stereocenters. The first-order valence-electron chi connectivity index (χ1n) is 8.86. The van der Waals surface area contributed by atoms with Crippen molar-refractivity contribution in [2.24, 2.45) is 0 Å². The van der Waals surface area contributed by atoms with Gasteiger partial charge in [0.25, 0.3) is 5.91 Å². The highest BCUT2D eigenvalue weighted by atomic mass is 16.2. The van der Waals surface area contributed by atoms with Crippen molar-refractivity contribution in [1.82, 2.24) is 10.2 Å². The van der Waals surface area contributed by atoms with Gasteiger partial charge in [0, 0.05) is 5.69 Å². The van der Waals surface area contributed by atoms with E-state index in [0.717, 1.165) is 36.1 Å². The molecule has 1 aliphatic rings. The van der Waals surface area contributed by atoms with Gasteiger partial charge in [-0.15, -0.1) is 0 Å². The summed E-state index contributed by atoms with van der Waals surface area (Å²) in [4.78, 5) is 38.0. The molecule has 2 rings (SSSR count). The van der Waals surface area contributed by atoms with Gasteiger partial charge in [0.2, 0.25) is 5.91 Å². The molecule has 0 aromatic heterocycles. The summed E-state index contributed by atoms with van der Waals surface area (Å²) in [5.74, 6) is -0.710. The van der Waals surface area contributed by atoms with Gasteiger partial charge in [-0.1, -0.05) is 44.7 Å². The van der Waals surface area contributed by atoms with Crippen LogP contribution in [0.1, 0.15) is 51.5 Å². The molecule has 1 atom stereocenters. The largest absolute Gasteiger partial charge is 0.325 e. The lowest BCUT2D eigenvalue weighted by atomic mass is 9.94. The summed E-state index contributed by atoms with van der Waals surface area (Å²) >= 11 is 0. The zero-order valence-electron chi connectivity index (χ0n) is 15.2. The average Bonchev–Trinajstić information content (AvgIpc) is 2.75. The van der Waals surface area contributed by atoms with Crippen LogP contribution in [0.3, 0.4) is 0 Å². The lowest BCUT2D eigenvalue weighted by molar-refractivity contribution is -0.133. The number of hydrogen-bond acceptors (Lipinski definition) is 3. The Balaban J connectivity index is 1.94. The van der Waals surface area contributed by atoms with Crippen molar-refractivity contribution in [3.63, 3.8) is 0 Å². The number of carbonyl (C=O) groups excluding carboxylic acids is 3. The summed E-state index contributed by atoms with van der Waals surface area (Å²) in [6, 6.07) is 6.88. The fraction of sp³-hybridized carbons (Fsp3) is 0.526. The van der Waals surface area contributed by atoms with Crippen LogP contribution in [-0.4, -0.2) is 34.8 Å². The van der Waals surface area contributed by atoms with E-state index >= 15 is 0 Å². The zero-order chi connectivity index (χ0) is 18.4. The molecule has 1 aliphatic heterocycles. The number of carbonyl (C=O) groups is 3. The molecule has 6 heteroatoms. The molecule has 0 bridgehead atoms. The van der Waals surface area contributed by atoms with Crippen molar-refractivity contribution < 1.29 is 14.4 Å². The first-order valence-corrected chi connectivity index (χ1v) is 8.86. The molecule has 0 spiro atoms. The lowest BCUT2D eigenvalue weighted by Crippen LogP contribution is -2.44. The maximum absolute atomic E-state index is 12.6. The van der Waals surface area contributed by atoms with Gasteiger partial charge in [0.1, 0.15) is 12.1 Å². The Bertz CT molecular complexity index is 659. The van der Waals surface area contributed by atoms with E-state index < -0.39 is 11.6 Å². The Kier molecular flexibility index (Phi) is 6.17. The predicted molar refractivity (Wildman–Crippen MR) is 97.2 cm³/mol. The lowest BCUT2D eigenvalue weighted by Gasteiger charge is -2.21. The SMILES string of the molecule is CCCCCCC1(C)NC(=O)N(CC(=O)Nc2cccc(C)c2)C1=O. The number of aryl methyl sites for hydroxylation is 1. The molecule has 0 aliphatic carbocycles. The van der Waals surface area contributed by atoms with Crippen LogP contribution >= 0.6 is 0 Å². The third kappa shape index (κ3) is 4.81. The van der Waals surface area contributed by atoms with Crippen LogP contribution in [0.15, 0.2) is 24.3 Å². The highest BCUT2D eigenvalue weighted by molar-refractivity contribution is 6.09. The van der Waals surface area contributed by atoms with Gasteiger partial charge in [-0.05, 0) is 38.0 Å². The second-order valence-corrected chi connectivity index (χ2v) is 6.88. The third-order valence-electron chi connectivity index (χ3n) is 4.48. The maximum atomic E-state index is 12.6. The molecular weight excluding hydrogens is 318 g/mol. The number of imide groups is 1. The van der Waals surface area contributed by atoms with E-state index in [0.29, 0.717) is 12.1 Å². The van der Waals surface area contributed by atoms with E-state index in [1.54, 1.807) is 13.0 Å². The van der Waals surface area contributed by atoms with E-state index in [2.05, 4.69) is 17.6 Å². The van der Waals surface area contributed by atoms with Gasteiger partial charge in [0.05, 0.1) is 0 Å². The van der Waals surface area contributed by atoms with E-state index in [1.807, 2.05) is 25.1 Å². The standard InChI is InChI=1S/C19H27N3O3/c1-4-5-6-7-11-19(3)17(24)22(18(25)21-19)13-16(23)20-15-10-8-9-14(2)12-15/h8-10,12H,4-7,11,13H2,1-3H3,(H,20,23)(H,21,25). The minimum atomic E-state index is -0.908. The second kappa shape index (κ2) is 8.14. The first-order chi connectivity index (χ1) is 11.9. The molecule has 1 aromatic rings. The zero-order valence-corrected chi connectivity index (χ0v) is 15.2. The smallest absolute Gasteiger partial charge is 0.325 e. The van der Waals surface area contributed by atoms with Crippen LogP contribution in [0.4, 0.5) is 10.5 Å². The minimum Gasteiger partial charge on any atom is -0.325 e. The number of nitrogens with zero attached hydrogens (tertiary/aromatic N) is 1. The van der Waals surface area contributed by atoms with Gasteiger partial charge in [0.15, 0.2) is 0 Å². The van der Waals surface area contributed by atoms with Crippen molar-refractivity contribution in [3.05, 3.63) is 29.8 Å². The van der Waals surface area contributed by atoms with Crippen molar-refractivity contribution >= 4 is 23.5 Å². The first kappa shape index (κ1) is 19.0. The van der Waals surface area contributed by atoms with Crippen molar-refractivity contribution in [2.45, 2.75) is 58.4 Å². The van der Waals surface area contributed by atoms with E-state index in [4.69, 9.17) is 0 Å². The van der Waals surface area contributed by atoms with Crippen LogP contribution in [0.25, 0.3) is 0 Å². The van der Waals surface area contributed by atoms with Gasteiger partial charge in [-0.25, -0.2) is 4.79 Å². The Labute approximate surface area is 149 Å². The summed E-state index contributed by atoms with van der Waals surface area (Å²) in [6.45, 7) is 5.51. The quantitative estimate of drug-likeness (QED) is 0.561. The molecule has 0 saturated carbocycles. The number of rotatable bonds is 8. The number of hydrogen-bond donors (Lipinski definition) is 2. The maximum Gasteiger partial charge on any atom is 0.325 e. The van der Waals surface area contributed by atoms with Gasteiger partial charge in [-0.3, -0.25) is 14.5 Å². The summed E-state index contributed by atoms with van der Waals surface area (Å²) in [6.07, 6.45) is 4.72. The molecule has 4 amide bonds. The summed E-state index contributed by atoms with van der Waals surface area (Å²) in [5, 5.41) is 5.47. The number of amides is 4. The Morgan fingerprint density at radius 1 is 1.24 bits per heavy atom. The number of anilines is 1. The number of urea groups is 1. The number of unbranched alkanes of at least 4 members (excludes halogenated alkanes) is 3. The molecule has 1 fully saturated rings. The summed E-state index contributed by atoms with van der Waals surface area (Å²) < 4.78 is 0. The Morgan fingerprint density at radius 3 is 2.68 bits per heavy atom. The number of nitrogens with one attached hydrogen (secondary N) is 2. The topological polar surface area (TPSA) is 78.5 Å². The van der Waals surface area contributed by atoms with Crippen LogP contribution in [0, 0.1) is 6.92 Å². The normalized spacial score (nSPS) is 19.9. The molecule has 2 N–H and O–H groups in total. The van der Waals surface area contributed by atoms with Crippen molar-refractivity contribution in [2.75, 3.05) is 11.9 Å². The minimum absolute atomic E-state index is 0.275. The van der Waals surface area contributed by atoms with E-state index in [-0.39, 0.29) is 18.4 Å². The fourth-order valence-corrected chi connectivity index (χ4v) is 3.03. The second-order valence-electron chi connectivity index (χ2n) is 6.88. The van der Waals surface area contributed by atoms with Crippen LogP contribution < -0.4 is 10.6 Å². The third-order valence-corrected chi connectivity index (χ3v) is 4.48. The van der Waals surface area contributed by atoms with Gasteiger partial charge in [-0.2, -0.15) is 0 Å². The average molecular weight is 345 g/mol. The molecule has 6 nitrogen and oxygen atoms in total. The summed E-state index contributed by atoms with van der Waals surface area (Å²) in [5.41, 5.74) is 0.765. The monoisotopic (exact) mass is 345 g/mol. The van der Waals surface area contributed by atoms with Crippen LogP contribution in [0.5, 0.6) is 0 Å². The molecule has 1 saturated heterocycles. The van der Waals surface area contributed by atoms with Crippen LogP contribution in [-0.2, 0) is 9.59 Å². The van der Waals surface area contributed by atoms with Gasteiger partial charge < -0.3 is 10.6 Å². The summed E-state index contributed by atoms with van der Waals surface area (Å²) in [7, 11) is 0. The molecule has 136 valence electrons. The molecule has 1 heterocycles. The Morgan fingerprint density at radius 2 is 2.00 bits per heavy atom. The molecule has 25 heavy (non-hydrogen) atoms. The van der Waals surface area contributed by atoms with Crippen molar-refractivity contribution in [3.8, 4) is 0 Å². The van der Waals surface area contributed by atoms with Gasteiger partial charge >= 0.3 is 6.03 Å². The number of benzene rings is 1. The Hall–Kier alpha value is -2.37. The fourth-order valence-electron chi connectivity index (χ4n) is 3.03. The highest BCUT2D eigenvalue weighted by Gasteiger charge is 2.47. The van der Waals surface area contributed by atoms with E-state index in [1.165, 1.54) is 0 Å². The van der Waals surface area contributed by atoms with Crippen molar-refractivity contribution in [1.29, 1.82) is 0 Å². The molecular formula is C19H27N3O3. The van der Waals surface area contributed by atoms with E-state index in [9.17, 15) is 14.4 Å². The molecule has 1 aromatic carbocycles. The predicted octanol–water partition coefficient (Wildman–Crippen LogP) is 3.21. The van der Waals surface area contributed by atoms with Crippen LogP contribution in [0.2, 0.25) is 0 Å². The molecule has 0 radical (unpaired) electrons.